The van der Waals surface area contributed by atoms with Crippen molar-refractivity contribution in [2.75, 3.05) is 40.5 Å². The fourth-order valence-corrected chi connectivity index (χ4v) is 2.30. The molecule has 1 aromatic rings. The van der Waals surface area contributed by atoms with Gasteiger partial charge in [0.05, 0.1) is 6.61 Å². The lowest BCUT2D eigenvalue weighted by molar-refractivity contribution is 0.0743. The number of methoxy groups -OCH3 is 1. The number of ether oxygens (including phenoxy) is 2. The average molecular weight is 278 g/mol. The molecule has 1 atom stereocenters. The minimum atomic E-state index is 0.0379. The van der Waals surface area contributed by atoms with Gasteiger partial charge in [0.2, 0.25) is 0 Å². The van der Waals surface area contributed by atoms with Crippen molar-refractivity contribution in [2.24, 2.45) is 0 Å². The fraction of sp³-hybridized carbons (Fsp3) is 0.533. The van der Waals surface area contributed by atoms with Crippen LogP contribution >= 0.6 is 0 Å². The molecule has 0 radical (unpaired) electrons. The average Bonchev–Trinajstić information content (AvgIpc) is 3.00. The van der Waals surface area contributed by atoms with Gasteiger partial charge in [0.25, 0.3) is 5.91 Å². The predicted molar refractivity (Wildman–Crippen MR) is 77.2 cm³/mol. The molecule has 2 rings (SSSR count). The van der Waals surface area contributed by atoms with Crippen molar-refractivity contribution < 1.29 is 14.3 Å². The van der Waals surface area contributed by atoms with Crippen LogP contribution in [0.1, 0.15) is 16.8 Å². The molecule has 1 unspecified atom stereocenters. The van der Waals surface area contributed by atoms with E-state index >= 15 is 0 Å². The zero-order chi connectivity index (χ0) is 14.4. The number of nitrogens with zero attached hydrogens (tertiary/aromatic N) is 1. The highest BCUT2D eigenvalue weighted by atomic mass is 16.5. The van der Waals surface area contributed by atoms with E-state index in [1.54, 1.807) is 13.2 Å². The Balaban J connectivity index is 1.99. The quantitative estimate of drug-likeness (QED) is 0.793. The van der Waals surface area contributed by atoms with Gasteiger partial charge in [-0.15, -0.1) is 0 Å². The van der Waals surface area contributed by atoms with Crippen LogP contribution in [0.4, 0.5) is 0 Å². The van der Waals surface area contributed by atoms with E-state index in [0.29, 0.717) is 24.5 Å². The first-order chi connectivity index (χ1) is 9.72. The third-order valence-corrected chi connectivity index (χ3v) is 3.54. The summed E-state index contributed by atoms with van der Waals surface area (Å²) in [4.78, 5) is 14.2. The molecule has 0 aromatic heterocycles. The van der Waals surface area contributed by atoms with E-state index in [1.807, 2.05) is 30.1 Å². The minimum Gasteiger partial charge on any atom is -0.491 e. The van der Waals surface area contributed by atoms with Crippen molar-refractivity contribution in [1.29, 1.82) is 0 Å². The topological polar surface area (TPSA) is 50.8 Å². The molecule has 0 aliphatic carbocycles. The number of amides is 1. The molecule has 1 fully saturated rings. The van der Waals surface area contributed by atoms with Gasteiger partial charge in [-0.05, 0) is 31.2 Å². The molecule has 110 valence electrons. The Morgan fingerprint density at radius 3 is 3.00 bits per heavy atom. The first-order valence-corrected chi connectivity index (χ1v) is 6.92. The predicted octanol–water partition coefficient (Wildman–Crippen LogP) is 1.15. The van der Waals surface area contributed by atoms with Gasteiger partial charge in [0.15, 0.2) is 0 Å². The van der Waals surface area contributed by atoms with Gasteiger partial charge in [0, 0.05) is 32.3 Å². The third-order valence-electron chi connectivity index (χ3n) is 3.54. The Labute approximate surface area is 119 Å². The maximum atomic E-state index is 12.4. The van der Waals surface area contributed by atoms with Gasteiger partial charge in [-0.25, -0.2) is 0 Å². The summed E-state index contributed by atoms with van der Waals surface area (Å²) < 4.78 is 10.5. The second kappa shape index (κ2) is 7.26. The lowest BCUT2D eigenvalue weighted by Gasteiger charge is -2.24. The van der Waals surface area contributed by atoms with E-state index in [1.165, 1.54) is 0 Å². The molecule has 1 saturated heterocycles. The zero-order valence-corrected chi connectivity index (χ0v) is 12.1. The normalized spacial score (nSPS) is 18.0. The lowest BCUT2D eigenvalue weighted by Crippen LogP contribution is -2.38. The number of likely N-dealkylation sites (N-methyl/N-ethyl adjacent to an activating group) is 1. The zero-order valence-electron chi connectivity index (χ0n) is 12.1. The van der Waals surface area contributed by atoms with Gasteiger partial charge in [0.1, 0.15) is 12.4 Å². The summed E-state index contributed by atoms with van der Waals surface area (Å²) in [5.41, 5.74) is 0.661. The van der Waals surface area contributed by atoms with E-state index in [0.717, 1.165) is 19.5 Å². The lowest BCUT2D eigenvalue weighted by atomic mass is 10.1. The second-order valence-electron chi connectivity index (χ2n) is 4.93. The number of hydrogen-bond donors (Lipinski definition) is 1. The van der Waals surface area contributed by atoms with E-state index < -0.39 is 0 Å². The van der Waals surface area contributed by atoms with Crippen LogP contribution in [0.2, 0.25) is 0 Å². The van der Waals surface area contributed by atoms with Gasteiger partial charge in [-0.3, -0.25) is 4.79 Å². The highest BCUT2D eigenvalue weighted by Gasteiger charge is 2.24. The van der Waals surface area contributed by atoms with Crippen LogP contribution in [0.5, 0.6) is 5.75 Å². The summed E-state index contributed by atoms with van der Waals surface area (Å²) in [6, 6.07) is 7.58. The molecule has 0 bridgehead atoms. The Kier molecular flexibility index (Phi) is 5.38. The molecule has 5 heteroatoms. The summed E-state index contributed by atoms with van der Waals surface area (Å²) in [5.74, 6) is 0.738. The molecule has 1 aromatic carbocycles. The van der Waals surface area contributed by atoms with E-state index in [9.17, 15) is 4.79 Å². The Bertz CT molecular complexity index is 444. The Hall–Kier alpha value is -1.59. The van der Waals surface area contributed by atoms with Gasteiger partial charge < -0.3 is 19.7 Å². The first-order valence-electron chi connectivity index (χ1n) is 6.92. The van der Waals surface area contributed by atoms with Crippen molar-refractivity contribution in [3.63, 3.8) is 0 Å². The second-order valence-corrected chi connectivity index (χ2v) is 4.93. The number of carbonyl (C=O) groups is 1. The maximum Gasteiger partial charge on any atom is 0.254 e. The summed E-state index contributed by atoms with van der Waals surface area (Å²) in [5, 5.41) is 3.27. The summed E-state index contributed by atoms with van der Waals surface area (Å²) in [6.07, 6.45) is 1.01. The van der Waals surface area contributed by atoms with Crippen LogP contribution in [0.25, 0.3) is 0 Å². The molecule has 5 nitrogen and oxygen atoms in total. The highest BCUT2D eigenvalue weighted by Crippen LogP contribution is 2.17. The van der Waals surface area contributed by atoms with Crippen molar-refractivity contribution >= 4 is 5.91 Å². The Morgan fingerprint density at radius 1 is 1.45 bits per heavy atom. The standard InChI is InChI=1S/C15H22N2O3/c1-17(13-6-7-16-11-13)15(18)12-4-3-5-14(10-12)20-9-8-19-2/h3-5,10,13,16H,6-9,11H2,1-2H3. The van der Waals surface area contributed by atoms with Crippen LogP contribution in [-0.4, -0.2) is 57.3 Å². The molecular weight excluding hydrogens is 256 g/mol. The molecule has 0 saturated carbocycles. The molecule has 1 aliphatic heterocycles. The smallest absolute Gasteiger partial charge is 0.254 e. The molecular formula is C15H22N2O3. The number of hydrogen-bond acceptors (Lipinski definition) is 4. The number of rotatable bonds is 6. The minimum absolute atomic E-state index is 0.0379. The summed E-state index contributed by atoms with van der Waals surface area (Å²) in [6.45, 7) is 2.86. The van der Waals surface area contributed by atoms with Crippen LogP contribution in [0, 0.1) is 0 Å². The summed E-state index contributed by atoms with van der Waals surface area (Å²) >= 11 is 0. The van der Waals surface area contributed by atoms with Crippen LogP contribution < -0.4 is 10.1 Å². The number of benzene rings is 1. The van der Waals surface area contributed by atoms with Gasteiger partial charge >= 0.3 is 0 Å². The van der Waals surface area contributed by atoms with Gasteiger partial charge in [-0.1, -0.05) is 6.07 Å². The van der Waals surface area contributed by atoms with E-state index in [4.69, 9.17) is 9.47 Å². The van der Waals surface area contributed by atoms with Crippen molar-refractivity contribution in [3.05, 3.63) is 29.8 Å². The SMILES string of the molecule is COCCOc1cccc(C(=O)N(C)C2CCNC2)c1. The maximum absolute atomic E-state index is 12.4. The van der Waals surface area contributed by atoms with E-state index in [-0.39, 0.29) is 11.9 Å². The largest absolute Gasteiger partial charge is 0.491 e. The van der Waals surface area contributed by atoms with Gasteiger partial charge in [-0.2, -0.15) is 0 Å². The number of carbonyl (C=O) groups excluding carboxylic acids is 1. The number of nitrogens with one attached hydrogen (secondary N) is 1. The third kappa shape index (κ3) is 3.71. The molecule has 1 aliphatic rings. The van der Waals surface area contributed by atoms with Crippen LogP contribution in [-0.2, 0) is 4.74 Å². The fourth-order valence-electron chi connectivity index (χ4n) is 2.30. The van der Waals surface area contributed by atoms with E-state index in [2.05, 4.69) is 5.32 Å². The van der Waals surface area contributed by atoms with Crippen molar-refractivity contribution in [2.45, 2.75) is 12.5 Å². The molecule has 0 spiro atoms. The molecule has 20 heavy (non-hydrogen) atoms. The Morgan fingerprint density at radius 2 is 2.30 bits per heavy atom. The van der Waals surface area contributed by atoms with Crippen molar-refractivity contribution in [3.8, 4) is 5.75 Å². The highest BCUT2D eigenvalue weighted by molar-refractivity contribution is 5.94. The van der Waals surface area contributed by atoms with Crippen molar-refractivity contribution in [1.82, 2.24) is 10.2 Å². The first kappa shape index (κ1) is 14.8. The van der Waals surface area contributed by atoms with Crippen LogP contribution in [0.3, 0.4) is 0 Å². The monoisotopic (exact) mass is 278 g/mol. The summed E-state index contributed by atoms with van der Waals surface area (Å²) in [7, 11) is 3.49. The molecule has 1 N–H and O–H groups in total. The van der Waals surface area contributed by atoms with Crippen LogP contribution in [0.15, 0.2) is 24.3 Å². The molecule has 1 amide bonds. The molecule has 1 heterocycles.